The van der Waals surface area contributed by atoms with E-state index in [0.29, 0.717) is 6.61 Å². The Morgan fingerprint density at radius 3 is 2.36 bits per heavy atom. The van der Waals surface area contributed by atoms with Gasteiger partial charge in [0.2, 0.25) is 0 Å². The Hall–Kier alpha value is -0.120. The molecule has 0 unspecified atom stereocenters. The summed E-state index contributed by atoms with van der Waals surface area (Å²) in [4.78, 5) is 0. The Labute approximate surface area is 67.6 Å². The van der Waals surface area contributed by atoms with Crippen LogP contribution in [0.3, 0.4) is 0 Å². The Morgan fingerprint density at radius 1 is 1.27 bits per heavy atom. The van der Waals surface area contributed by atoms with E-state index in [4.69, 9.17) is 14.2 Å². The highest BCUT2D eigenvalue weighted by Gasteiger charge is 2.33. The van der Waals surface area contributed by atoms with Crippen molar-refractivity contribution in [3.8, 4) is 0 Å². The molecule has 0 aromatic carbocycles. The first kappa shape index (κ1) is 8.97. The highest BCUT2D eigenvalue weighted by Crippen LogP contribution is 2.23. The van der Waals surface area contributed by atoms with Crippen LogP contribution >= 0.6 is 0 Å². The minimum absolute atomic E-state index is 0.633. The van der Waals surface area contributed by atoms with E-state index in [9.17, 15) is 0 Å². The molecule has 0 aromatic heterocycles. The minimum atomic E-state index is -0.729. The van der Waals surface area contributed by atoms with Crippen molar-refractivity contribution in [1.82, 2.24) is 0 Å². The van der Waals surface area contributed by atoms with Gasteiger partial charge in [-0.05, 0) is 13.3 Å². The summed E-state index contributed by atoms with van der Waals surface area (Å²) in [6.45, 7) is 6.06. The van der Waals surface area contributed by atoms with Crippen LogP contribution < -0.4 is 0 Å². The molecule has 3 heteroatoms. The molecule has 1 aliphatic heterocycles. The van der Waals surface area contributed by atoms with Crippen LogP contribution in [0, 0.1) is 0 Å². The highest BCUT2D eigenvalue weighted by molar-refractivity contribution is 4.58. The Bertz CT molecular complexity index is 102. The fourth-order valence-corrected chi connectivity index (χ4v) is 1.17. The molecule has 1 heterocycles. The maximum atomic E-state index is 5.41. The van der Waals surface area contributed by atoms with E-state index >= 15 is 0 Å². The van der Waals surface area contributed by atoms with Gasteiger partial charge in [0.1, 0.15) is 0 Å². The van der Waals surface area contributed by atoms with Gasteiger partial charge in [0, 0.05) is 13.0 Å². The lowest BCUT2D eigenvalue weighted by atomic mass is 10.3. The lowest BCUT2D eigenvalue weighted by Gasteiger charge is -2.35. The van der Waals surface area contributed by atoms with E-state index in [2.05, 4.69) is 0 Å². The SMILES string of the molecule is CCOC1(CC)OCCCO1. The summed E-state index contributed by atoms with van der Waals surface area (Å²) < 4.78 is 16.2. The second kappa shape index (κ2) is 4.04. The summed E-state index contributed by atoms with van der Waals surface area (Å²) in [5.74, 6) is -0.729. The molecule has 0 aromatic rings. The summed E-state index contributed by atoms with van der Waals surface area (Å²) >= 11 is 0. The zero-order valence-electron chi connectivity index (χ0n) is 7.26. The fraction of sp³-hybridized carbons (Fsp3) is 1.00. The van der Waals surface area contributed by atoms with Crippen LogP contribution in [0.5, 0.6) is 0 Å². The van der Waals surface area contributed by atoms with Crippen LogP contribution in [0.1, 0.15) is 26.7 Å². The molecule has 1 fully saturated rings. The van der Waals surface area contributed by atoms with Gasteiger partial charge in [-0.2, -0.15) is 0 Å². The van der Waals surface area contributed by atoms with Gasteiger partial charge in [-0.15, -0.1) is 0 Å². The third-order valence-corrected chi connectivity index (χ3v) is 1.73. The van der Waals surface area contributed by atoms with Crippen LogP contribution in [-0.4, -0.2) is 25.8 Å². The smallest absolute Gasteiger partial charge is 0.282 e. The van der Waals surface area contributed by atoms with E-state index in [0.717, 1.165) is 26.1 Å². The van der Waals surface area contributed by atoms with E-state index in [1.54, 1.807) is 0 Å². The Kier molecular flexibility index (Phi) is 3.30. The highest BCUT2D eigenvalue weighted by atomic mass is 16.9. The van der Waals surface area contributed by atoms with Crippen molar-refractivity contribution >= 4 is 0 Å². The van der Waals surface area contributed by atoms with Crippen LogP contribution in [0.25, 0.3) is 0 Å². The van der Waals surface area contributed by atoms with Crippen molar-refractivity contribution in [3.05, 3.63) is 0 Å². The Morgan fingerprint density at radius 2 is 1.91 bits per heavy atom. The predicted octanol–water partition coefficient (Wildman–Crippen LogP) is 1.52. The first-order chi connectivity index (χ1) is 5.33. The molecular weight excluding hydrogens is 144 g/mol. The van der Waals surface area contributed by atoms with Crippen molar-refractivity contribution in [2.75, 3.05) is 19.8 Å². The summed E-state index contributed by atoms with van der Waals surface area (Å²) in [7, 11) is 0. The standard InChI is InChI=1S/C8H16O3/c1-3-8(9-4-2)10-6-5-7-11-8/h3-7H2,1-2H3. The summed E-state index contributed by atoms with van der Waals surface area (Å²) in [5.41, 5.74) is 0. The molecule has 0 aliphatic carbocycles. The molecule has 0 spiro atoms. The van der Waals surface area contributed by atoms with Crippen molar-refractivity contribution in [2.24, 2.45) is 0 Å². The molecule has 0 bridgehead atoms. The first-order valence-corrected chi connectivity index (χ1v) is 4.25. The molecule has 11 heavy (non-hydrogen) atoms. The first-order valence-electron chi connectivity index (χ1n) is 4.25. The molecule has 3 nitrogen and oxygen atoms in total. The van der Waals surface area contributed by atoms with Gasteiger partial charge in [-0.25, -0.2) is 0 Å². The van der Waals surface area contributed by atoms with Crippen LogP contribution in [0.4, 0.5) is 0 Å². The van der Waals surface area contributed by atoms with Crippen molar-refractivity contribution in [3.63, 3.8) is 0 Å². The number of ether oxygens (including phenoxy) is 3. The largest absolute Gasteiger partial charge is 0.328 e. The van der Waals surface area contributed by atoms with Gasteiger partial charge in [0.05, 0.1) is 13.2 Å². The van der Waals surface area contributed by atoms with Crippen LogP contribution in [-0.2, 0) is 14.2 Å². The van der Waals surface area contributed by atoms with Crippen molar-refractivity contribution in [2.45, 2.75) is 32.7 Å². The van der Waals surface area contributed by atoms with Crippen molar-refractivity contribution in [1.29, 1.82) is 0 Å². The fourth-order valence-electron chi connectivity index (χ4n) is 1.17. The van der Waals surface area contributed by atoms with Gasteiger partial charge in [0.25, 0.3) is 5.97 Å². The van der Waals surface area contributed by atoms with Gasteiger partial charge in [-0.3, -0.25) is 0 Å². The van der Waals surface area contributed by atoms with Gasteiger partial charge >= 0.3 is 0 Å². The maximum Gasteiger partial charge on any atom is 0.282 e. The van der Waals surface area contributed by atoms with E-state index in [1.165, 1.54) is 0 Å². The number of hydrogen-bond acceptors (Lipinski definition) is 3. The van der Waals surface area contributed by atoms with Gasteiger partial charge in [-0.1, -0.05) is 6.92 Å². The monoisotopic (exact) mass is 160 g/mol. The molecule has 0 atom stereocenters. The molecular formula is C8H16O3. The maximum absolute atomic E-state index is 5.41. The second-order valence-corrected chi connectivity index (χ2v) is 2.52. The lowest BCUT2D eigenvalue weighted by molar-refractivity contribution is -0.398. The van der Waals surface area contributed by atoms with E-state index in [-0.39, 0.29) is 0 Å². The van der Waals surface area contributed by atoms with Gasteiger partial charge < -0.3 is 14.2 Å². The second-order valence-electron chi connectivity index (χ2n) is 2.52. The zero-order valence-corrected chi connectivity index (χ0v) is 7.26. The molecule has 0 saturated carbocycles. The molecule has 0 amide bonds. The summed E-state index contributed by atoms with van der Waals surface area (Å²) in [5, 5.41) is 0. The number of rotatable bonds is 3. The summed E-state index contributed by atoms with van der Waals surface area (Å²) in [6, 6.07) is 0. The van der Waals surface area contributed by atoms with E-state index < -0.39 is 5.97 Å². The average molecular weight is 160 g/mol. The number of hydrogen-bond donors (Lipinski definition) is 0. The minimum Gasteiger partial charge on any atom is -0.328 e. The van der Waals surface area contributed by atoms with Crippen LogP contribution in [0.15, 0.2) is 0 Å². The average Bonchev–Trinajstić information content (AvgIpc) is 2.07. The van der Waals surface area contributed by atoms with Crippen molar-refractivity contribution < 1.29 is 14.2 Å². The zero-order chi connectivity index (χ0) is 8.16. The van der Waals surface area contributed by atoms with Gasteiger partial charge in [0.15, 0.2) is 0 Å². The van der Waals surface area contributed by atoms with E-state index in [1.807, 2.05) is 13.8 Å². The molecule has 0 radical (unpaired) electrons. The molecule has 0 N–H and O–H groups in total. The normalized spacial score (nSPS) is 23.5. The molecule has 1 saturated heterocycles. The van der Waals surface area contributed by atoms with Crippen LogP contribution in [0.2, 0.25) is 0 Å². The molecule has 1 aliphatic rings. The topological polar surface area (TPSA) is 27.7 Å². The quantitative estimate of drug-likeness (QED) is 0.626. The third kappa shape index (κ3) is 2.15. The third-order valence-electron chi connectivity index (χ3n) is 1.73. The molecule has 66 valence electrons. The Balaban J connectivity index is 2.42. The molecule has 1 rings (SSSR count). The predicted molar refractivity (Wildman–Crippen MR) is 41.2 cm³/mol. The lowest BCUT2D eigenvalue weighted by Crippen LogP contribution is -2.42. The summed E-state index contributed by atoms with van der Waals surface area (Å²) in [6.07, 6.45) is 1.72.